The molecule has 0 spiro atoms. The number of amides is 2. The minimum Gasteiger partial charge on any atom is -0.356 e. The molecule has 0 bridgehead atoms. The Morgan fingerprint density at radius 3 is 2.26 bits per heavy atom. The molecule has 2 amide bonds. The maximum absolute atomic E-state index is 13.0. The highest BCUT2D eigenvalue weighted by molar-refractivity contribution is 7.90. The van der Waals surface area contributed by atoms with E-state index in [0.717, 1.165) is 28.2 Å². The van der Waals surface area contributed by atoms with Crippen LogP contribution in [-0.4, -0.2) is 64.3 Å². The lowest BCUT2D eigenvalue weighted by Crippen LogP contribution is -2.33. The van der Waals surface area contributed by atoms with Crippen molar-refractivity contribution < 1.29 is 30.8 Å². The summed E-state index contributed by atoms with van der Waals surface area (Å²) in [5.74, 6) is -2.17. The third-order valence-corrected chi connectivity index (χ3v) is 7.91. The van der Waals surface area contributed by atoms with Crippen molar-refractivity contribution in [3.05, 3.63) is 59.5 Å². The quantitative estimate of drug-likeness (QED) is 0.459. The summed E-state index contributed by atoms with van der Waals surface area (Å²) in [5.41, 5.74) is 0.725. The average Bonchev–Trinajstić information content (AvgIpc) is 2.77. The predicted molar refractivity (Wildman–Crippen MR) is 123 cm³/mol. The second kappa shape index (κ2) is 11.5. The van der Waals surface area contributed by atoms with Gasteiger partial charge in [-0.25, -0.2) is 35.2 Å². The molecule has 1 heterocycles. The number of hydrogen-bond acceptors (Lipinski definition) is 7. The minimum atomic E-state index is -4.02. The van der Waals surface area contributed by atoms with Gasteiger partial charge >= 0.3 is 0 Å². The largest absolute Gasteiger partial charge is 0.356 e. The van der Waals surface area contributed by atoms with E-state index in [-0.39, 0.29) is 41.1 Å². The summed E-state index contributed by atoms with van der Waals surface area (Å²) < 4.78 is 64.2. The van der Waals surface area contributed by atoms with Crippen molar-refractivity contribution in [1.82, 2.24) is 19.3 Å². The van der Waals surface area contributed by atoms with Gasteiger partial charge in [-0.15, -0.1) is 0 Å². The molecule has 0 radical (unpaired) electrons. The van der Waals surface area contributed by atoms with E-state index in [4.69, 9.17) is 0 Å². The van der Waals surface area contributed by atoms with Crippen molar-refractivity contribution in [2.75, 3.05) is 26.4 Å². The summed E-state index contributed by atoms with van der Waals surface area (Å²) in [6.45, 7) is 2.17. The van der Waals surface area contributed by atoms with Crippen LogP contribution in [0.4, 0.5) is 4.39 Å². The first-order valence-electron chi connectivity index (χ1n) is 10.3. The number of nitrogens with one attached hydrogen (secondary N) is 2. The van der Waals surface area contributed by atoms with E-state index >= 15 is 0 Å². The van der Waals surface area contributed by atoms with Gasteiger partial charge in [0.15, 0.2) is 5.03 Å². The Kier molecular flexibility index (Phi) is 9.24. The zero-order chi connectivity index (χ0) is 25.5. The minimum absolute atomic E-state index is 0.0162. The van der Waals surface area contributed by atoms with Crippen molar-refractivity contribution in [3.63, 3.8) is 0 Å². The van der Waals surface area contributed by atoms with E-state index in [1.54, 1.807) is 12.1 Å². The van der Waals surface area contributed by atoms with E-state index in [2.05, 4.69) is 10.3 Å². The number of halogens is 1. The van der Waals surface area contributed by atoms with E-state index in [1.165, 1.54) is 26.2 Å². The Labute approximate surface area is 198 Å². The van der Waals surface area contributed by atoms with Crippen LogP contribution in [0.15, 0.2) is 47.6 Å². The van der Waals surface area contributed by atoms with Crippen LogP contribution in [0.5, 0.6) is 0 Å². The molecule has 186 valence electrons. The molecule has 0 fully saturated rings. The molecule has 1 aromatic carbocycles. The molecule has 1 aromatic heterocycles. The van der Waals surface area contributed by atoms with Gasteiger partial charge in [0.05, 0.1) is 11.3 Å². The molecule has 0 aliphatic heterocycles. The van der Waals surface area contributed by atoms with Gasteiger partial charge in [0.1, 0.15) is 5.82 Å². The predicted octanol–water partition coefficient (Wildman–Crippen LogP) is 1.23. The van der Waals surface area contributed by atoms with Gasteiger partial charge in [0.2, 0.25) is 15.9 Å². The van der Waals surface area contributed by atoms with Crippen molar-refractivity contribution >= 4 is 31.9 Å². The Bertz CT molecular complexity index is 1210. The van der Waals surface area contributed by atoms with Crippen LogP contribution in [0.25, 0.3) is 0 Å². The van der Waals surface area contributed by atoms with Crippen LogP contribution in [-0.2, 0) is 24.8 Å². The van der Waals surface area contributed by atoms with E-state index < -0.39 is 31.7 Å². The maximum Gasteiger partial charge on any atom is 0.266 e. The summed E-state index contributed by atoms with van der Waals surface area (Å²) in [6.07, 6.45) is 0.887. The molecular weight excluding hydrogens is 487 g/mol. The molecule has 0 aliphatic rings. The zero-order valence-corrected chi connectivity index (χ0v) is 20.6. The summed E-state index contributed by atoms with van der Waals surface area (Å²) in [5, 5.41) is 2.42. The molecule has 2 N–H and O–H groups in total. The Morgan fingerprint density at radius 2 is 1.71 bits per heavy atom. The van der Waals surface area contributed by atoms with Gasteiger partial charge in [0.25, 0.3) is 15.9 Å². The molecule has 0 saturated heterocycles. The number of carbonyl (C=O) groups is 2. The molecule has 1 unspecified atom stereocenters. The van der Waals surface area contributed by atoms with Crippen LogP contribution < -0.4 is 10.0 Å². The average molecular weight is 515 g/mol. The van der Waals surface area contributed by atoms with Crippen LogP contribution in [0.1, 0.15) is 41.6 Å². The highest BCUT2D eigenvalue weighted by atomic mass is 32.2. The van der Waals surface area contributed by atoms with Crippen LogP contribution in [0.2, 0.25) is 0 Å². The Hall–Kier alpha value is -2.90. The van der Waals surface area contributed by atoms with Gasteiger partial charge in [-0.2, -0.15) is 0 Å². The van der Waals surface area contributed by atoms with Gasteiger partial charge in [0, 0.05) is 33.3 Å². The van der Waals surface area contributed by atoms with Crippen molar-refractivity contribution in [2.45, 2.75) is 30.7 Å². The number of carbonyl (C=O) groups excluding carboxylic acids is 2. The third-order valence-electron chi connectivity index (χ3n) is 4.85. The molecule has 13 heteroatoms. The topological polar surface area (TPSA) is 143 Å². The lowest BCUT2D eigenvalue weighted by atomic mass is 10.0. The first kappa shape index (κ1) is 27.3. The summed E-state index contributed by atoms with van der Waals surface area (Å²) in [7, 11) is -5.15. The molecule has 34 heavy (non-hydrogen) atoms. The third kappa shape index (κ3) is 7.85. The standard InChI is InChI=1S/C21H27FN4O6S2/c1-15(16-6-9-18(22)10-7-16)13-23-19(27)5-4-12-33(29,30)25-21(28)17-8-11-20(24-14-17)34(31,32)26(2)3/h6-11,14-15H,4-5,12-13H2,1-3H3,(H,23,27)(H,25,28). The maximum atomic E-state index is 13.0. The SMILES string of the molecule is CC(CNC(=O)CCCS(=O)(=O)NC(=O)c1ccc(S(=O)(=O)N(C)C)nc1)c1ccc(F)cc1. The van der Waals surface area contributed by atoms with Crippen LogP contribution >= 0.6 is 0 Å². The fraction of sp³-hybridized carbons (Fsp3) is 0.381. The first-order valence-corrected chi connectivity index (χ1v) is 13.4. The van der Waals surface area contributed by atoms with E-state index in [1.807, 2.05) is 11.6 Å². The number of pyridine rings is 1. The number of rotatable bonds is 11. The number of sulfonamides is 2. The van der Waals surface area contributed by atoms with Gasteiger partial charge in [-0.05, 0) is 42.2 Å². The van der Waals surface area contributed by atoms with E-state index in [9.17, 15) is 30.8 Å². The highest BCUT2D eigenvalue weighted by Crippen LogP contribution is 2.15. The summed E-state index contributed by atoms with van der Waals surface area (Å²) in [6, 6.07) is 8.20. The molecule has 0 aliphatic carbocycles. The Morgan fingerprint density at radius 1 is 1.06 bits per heavy atom. The van der Waals surface area contributed by atoms with Crippen molar-refractivity contribution in [2.24, 2.45) is 0 Å². The number of nitrogens with zero attached hydrogens (tertiary/aromatic N) is 2. The number of benzene rings is 1. The first-order chi connectivity index (χ1) is 15.8. The Balaban J connectivity index is 1.81. The second-order valence-electron chi connectivity index (χ2n) is 7.78. The van der Waals surface area contributed by atoms with Crippen molar-refractivity contribution in [3.8, 4) is 0 Å². The van der Waals surface area contributed by atoms with E-state index in [0.29, 0.717) is 6.54 Å². The normalized spacial score (nSPS) is 12.9. The zero-order valence-electron chi connectivity index (χ0n) is 19.0. The van der Waals surface area contributed by atoms with Crippen molar-refractivity contribution in [1.29, 1.82) is 0 Å². The molecular formula is C21H27FN4O6S2. The second-order valence-corrected chi connectivity index (χ2v) is 11.7. The van der Waals surface area contributed by atoms with Crippen LogP contribution in [0, 0.1) is 5.82 Å². The lowest BCUT2D eigenvalue weighted by Gasteiger charge is -2.13. The molecule has 0 saturated carbocycles. The summed E-state index contributed by atoms with van der Waals surface area (Å²) in [4.78, 5) is 27.9. The van der Waals surface area contributed by atoms with Crippen LogP contribution in [0.3, 0.4) is 0 Å². The number of hydrogen-bond donors (Lipinski definition) is 2. The molecule has 2 rings (SSSR count). The monoisotopic (exact) mass is 514 g/mol. The van der Waals surface area contributed by atoms with Gasteiger partial charge < -0.3 is 5.32 Å². The van der Waals surface area contributed by atoms with Gasteiger partial charge in [-0.1, -0.05) is 19.1 Å². The van der Waals surface area contributed by atoms with Gasteiger partial charge in [-0.3, -0.25) is 9.59 Å². The molecule has 10 nitrogen and oxygen atoms in total. The fourth-order valence-electron chi connectivity index (χ4n) is 2.79. The highest BCUT2D eigenvalue weighted by Gasteiger charge is 2.21. The summed E-state index contributed by atoms with van der Waals surface area (Å²) >= 11 is 0. The molecule has 1 atom stereocenters. The fourth-order valence-corrected chi connectivity index (χ4v) is 4.62. The smallest absolute Gasteiger partial charge is 0.266 e. The lowest BCUT2D eigenvalue weighted by molar-refractivity contribution is -0.121. The molecule has 2 aromatic rings. The number of aromatic nitrogens is 1.